The summed E-state index contributed by atoms with van der Waals surface area (Å²) in [6.07, 6.45) is 5.56. The van der Waals surface area contributed by atoms with Gasteiger partial charge in [0.25, 0.3) is 0 Å². The lowest BCUT2D eigenvalue weighted by molar-refractivity contribution is -0.142. The number of esters is 1. The summed E-state index contributed by atoms with van der Waals surface area (Å²) in [5.41, 5.74) is 0.0317. The standard InChI is InChI=1S/C17H27ClO3.C8H6BrF3/c1-3-10-21-17(20)9-7-5-4-6-8-14-15(12-19)13(2)11-16(14)18;9-5-6-2-1-3-7(4-6)8(10,11)12/h3-4,6,13-16,19H,1,5,7-12H2,2H3;1-4H,5H2/b6-4-;/t13-,14-,15+,16-;/m1./s1. The summed E-state index contributed by atoms with van der Waals surface area (Å²) in [4.78, 5) is 11.3. The summed E-state index contributed by atoms with van der Waals surface area (Å²) < 4.78 is 41.2. The number of allylic oxidation sites excluding steroid dienone is 2. The molecule has 1 aromatic rings. The number of hydrogen-bond acceptors (Lipinski definition) is 3. The molecule has 1 N–H and O–H groups in total. The van der Waals surface area contributed by atoms with E-state index in [4.69, 9.17) is 16.3 Å². The van der Waals surface area contributed by atoms with Crippen LogP contribution in [0.4, 0.5) is 13.2 Å². The summed E-state index contributed by atoms with van der Waals surface area (Å²) in [6, 6.07) is 5.24. The highest BCUT2D eigenvalue weighted by Gasteiger charge is 2.38. The number of unbranched alkanes of at least 4 members (excludes halogenated alkanes) is 1. The number of benzene rings is 1. The number of ether oxygens (including phenoxy) is 1. The van der Waals surface area contributed by atoms with Gasteiger partial charge in [-0.1, -0.05) is 65.9 Å². The molecule has 186 valence electrons. The third kappa shape index (κ3) is 11.1. The van der Waals surface area contributed by atoms with Crippen LogP contribution in [-0.4, -0.2) is 29.7 Å². The molecule has 0 amide bonds. The zero-order valence-electron chi connectivity index (χ0n) is 18.9. The van der Waals surface area contributed by atoms with Crippen LogP contribution in [0.3, 0.4) is 0 Å². The first-order valence-corrected chi connectivity index (χ1v) is 12.6. The SMILES string of the molecule is C=CCOC(=O)CCC/C=C\C[C@@H]1[C@@H](CO)[C@H](C)C[C@H]1Cl.FC(F)(F)c1cccc(CBr)c1. The molecule has 4 atom stereocenters. The molecule has 2 rings (SSSR count). The van der Waals surface area contributed by atoms with Crippen LogP contribution >= 0.6 is 27.5 Å². The Morgan fingerprint density at radius 3 is 2.67 bits per heavy atom. The highest BCUT2D eigenvalue weighted by molar-refractivity contribution is 9.08. The Morgan fingerprint density at radius 1 is 1.33 bits per heavy atom. The van der Waals surface area contributed by atoms with Gasteiger partial charge in [-0.05, 0) is 55.1 Å². The first-order chi connectivity index (χ1) is 15.6. The average Bonchev–Trinajstić information content (AvgIpc) is 3.06. The summed E-state index contributed by atoms with van der Waals surface area (Å²) in [7, 11) is 0. The Kier molecular flexibility index (Phi) is 14.0. The van der Waals surface area contributed by atoms with Crippen molar-refractivity contribution in [2.24, 2.45) is 17.8 Å². The molecule has 1 aromatic carbocycles. The van der Waals surface area contributed by atoms with Crippen LogP contribution in [0.15, 0.2) is 49.1 Å². The molecule has 1 fully saturated rings. The van der Waals surface area contributed by atoms with Gasteiger partial charge in [0.1, 0.15) is 6.61 Å². The maximum Gasteiger partial charge on any atom is 0.416 e. The van der Waals surface area contributed by atoms with Gasteiger partial charge < -0.3 is 9.84 Å². The van der Waals surface area contributed by atoms with Crippen LogP contribution in [-0.2, 0) is 21.0 Å². The lowest BCUT2D eigenvalue weighted by Gasteiger charge is -2.20. The topological polar surface area (TPSA) is 46.5 Å². The van der Waals surface area contributed by atoms with Crippen molar-refractivity contribution >= 4 is 33.5 Å². The average molecular weight is 554 g/mol. The van der Waals surface area contributed by atoms with Crippen LogP contribution in [0, 0.1) is 17.8 Å². The minimum absolute atomic E-state index is 0.163. The number of aliphatic hydroxyl groups is 1. The minimum Gasteiger partial charge on any atom is -0.461 e. The van der Waals surface area contributed by atoms with Gasteiger partial charge in [-0.2, -0.15) is 13.2 Å². The lowest BCUT2D eigenvalue weighted by Crippen LogP contribution is -2.20. The number of halogens is 5. The molecule has 3 nitrogen and oxygen atoms in total. The third-order valence-corrected chi connectivity index (χ3v) is 6.80. The second kappa shape index (κ2) is 15.6. The van der Waals surface area contributed by atoms with Gasteiger partial charge in [-0.25, -0.2) is 0 Å². The van der Waals surface area contributed by atoms with E-state index in [1.165, 1.54) is 6.07 Å². The molecule has 8 heteroatoms. The van der Waals surface area contributed by atoms with Crippen LogP contribution in [0.2, 0.25) is 0 Å². The quantitative estimate of drug-likeness (QED) is 0.143. The summed E-state index contributed by atoms with van der Waals surface area (Å²) in [5.74, 6) is 0.996. The van der Waals surface area contributed by atoms with E-state index in [0.717, 1.165) is 37.8 Å². The monoisotopic (exact) mass is 552 g/mol. The number of carbonyl (C=O) groups is 1. The van der Waals surface area contributed by atoms with E-state index < -0.39 is 11.7 Å². The van der Waals surface area contributed by atoms with Crippen LogP contribution in [0.1, 0.15) is 50.2 Å². The molecule has 1 aliphatic rings. The molecule has 0 unspecified atom stereocenters. The van der Waals surface area contributed by atoms with Crippen molar-refractivity contribution in [3.05, 3.63) is 60.2 Å². The molecule has 0 saturated heterocycles. The number of alkyl halides is 5. The van der Waals surface area contributed by atoms with Gasteiger partial charge >= 0.3 is 12.1 Å². The van der Waals surface area contributed by atoms with Crippen molar-refractivity contribution in [1.29, 1.82) is 0 Å². The first kappa shape index (κ1) is 29.7. The highest BCUT2D eigenvalue weighted by atomic mass is 79.9. The van der Waals surface area contributed by atoms with Crippen molar-refractivity contribution in [2.75, 3.05) is 13.2 Å². The zero-order chi connectivity index (χ0) is 24.9. The fourth-order valence-electron chi connectivity index (χ4n) is 3.82. The molecule has 1 saturated carbocycles. The molecule has 33 heavy (non-hydrogen) atoms. The van der Waals surface area contributed by atoms with E-state index >= 15 is 0 Å². The Bertz CT molecular complexity index is 755. The lowest BCUT2D eigenvalue weighted by atomic mass is 9.89. The van der Waals surface area contributed by atoms with Crippen molar-refractivity contribution in [1.82, 2.24) is 0 Å². The zero-order valence-corrected chi connectivity index (χ0v) is 21.2. The van der Waals surface area contributed by atoms with Gasteiger partial charge in [-0.3, -0.25) is 4.79 Å². The Balaban J connectivity index is 0.000000383. The Morgan fingerprint density at radius 2 is 2.06 bits per heavy atom. The fraction of sp³-hybridized carbons (Fsp3) is 0.560. The van der Waals surface area contributed by atoms with Gasteiger partial charge in [-0.15, -0.1) is 11.6 Å². The Hall–Kier alpha value is -1.31. The maximum atomic E-state index is 12.1. The van der Waals surface area contributed by atoms with E-state index in [2.05, 4.69) is 41.6 Å². The predicted octanol–water partition coefficient (Wildman–Crippen LogP) is 7.30. The van der Waals surface area contributed by atoms with Gasteiger partial charge in [0, 0.05) is 23.7 Å². The summed E-state index contributed by atoms with van der Waals surface area (Å²) >= 11 is 9.45. The molecular weight excluding hydrogens is 521 g/mol. The molecule has 0 heterocycles. The smallest absolute Gasteiger partial charge is 0.416 e. The van der Waals surface area contributed by atoms with Gasteiger partial charge in [0.2, 0.25) is 0 Å². The molecule has 0 spiro atoms. The number of rotatable bonds is 10. The van der Waals surface area contributed by atoms with Crippen molar-refractivity contribution < 1.29 is 27.8 Å². The molecule has 0 aliphatic heterocycles. The van der Waals surface area contributed by atoms with E-state index in [0.29, 0.717) is 35.1 Å². The molecule has 0 aromatic heterocycles. The van der Waals surface area contributed by atoms with Crippen molar-refractivity contribution in [3.8, 4) is 0 Å². The van der Waals surface area contributed by atoms with E-state index in [1.807, 2.05) is 0 Å². The largest absolute Gasteiger partial charge is 0.461 e. The third-order valence-electron chi connectivity index (χ3n) is 5.65. The van der Waals surface area contributed by atoms with Gasteiger partial charge in [0.05, 0.1) is 5.56 Å². The second-order valence-electron chi connectivity index (χ2n) is 8.14. The fourth-order valence-corrected chi connectivity index (χ4v) is 4.74. The molecule has 0 radical (unpaired) electrons. The molecular formula is C25H33BrClF3O3. The highest BCUT2D eigenvalue weighted by Crippen LogP contribution is 2.42. The molecule has 0 bridgehead atoms. The number of aliphatic hydroxyl groups excluding tert-OH is 1. The predicted molar refractivity (Wildman–Crippen MR) is 130 cm³/mol. The van der Waals surface area contributed by atoms with Crippen molar-refractivity contribution in [3.63, 3.8) is 0 Å². The van der Waals surface area contributed by atoms with E-state index in [9.17, 15) is 23.1 Å². The first-order valence-electron chi connectivity index (χ1n) is 11.0. The summed E-state index contributed by atoms with van der Waals surface area (Å²) in [6.45, 7) is 6.17. The molecule has 1 aliphatic carbocycles. The van der Waals surface area contributed by atoms with Crippen LogP contribution in [0.5, 0.6) is 0 Å². The normalized spacial score (nSPS) is 22.6. The van der Waals surface area contributed by atoms with E-state index in [1.54, 1.807) is 12.1 Å². The van der Waals surface area contributed by atoms with Gasteiger partial charge in [0.15, 0.2) is 0 Å². The minimum atomic E-state index is -4.24. The second-order valence-corrected chi connectivity index (χ2v) is 9.26. The summed E-state index contributed by atoms with van der Waals surface area (Å²) in [5, 5.41) is 10.1. The Labute approximate surface area is 208 Å². The van der Waals surface area contributed by atoms with E-state index in [-0.39, 0.29) is 24.6 Å². The maximum absolute atomic E-state index is 12.1. The van der Waals surface area contributed by atoms with Crippen molar-refractivity contribution in [2.45, 2.75) is 55.9 Å². The van der Waals surface area contributed by atoms with Crippen LogP contribution in [0.25, 0.3) is 0 Å². The number of carbonyl (C=O) groups excluding carboxylic acids is 1. The number of hydrogen-bond donors (Lipinski definition) is 1. The van der Waals surface area contributed by atoms with Crippen LogP contribution < -0.4 is 0 Å².